The maximum absolute atomic E-state index is 11.9. The average Bonchev–Trinajstić information content (AvgIpc) is 2.57. The molecule has 0 unspecified atom stereocenters. The smallest absolute Gasteiger partial charge is 0.258 e. The highest BCUT2D eigenvalue weighted by Gasteiger charge is 2.07. The second-order valence-electron chi connectivity index (χ2n) is 4.20. The summed E-state index contributed by atoms with van der Waals surface area (Å²) in [5.41, 5.74) is 2.07. The number of aromatic nitrogens is 4. The number of hydrogen-bond acceptors (Lipinski definition) is 5. The largest absolute Gasteiger partial charge is 0.290 e. The molecule has 0 aliphatic carbocycles. The fourth-order valence-electron chi connectivity index (χ4n) is 1.74. The molecule has 0 aliphatic rings. The van der Waals surface area contributed by atoms with Crippen molar-refractivity contribution < 1.29 is 4.79 Å². The fraction of sp³-hybridized carbons (Fsp3) is 0. The molecule has 0 radical (unpaired) electrons. The number of pyridine rings is 2. The molecule has 3 aromatic heterocycles. The fourth-order valence-corrected chi connectivity index (χ4v) is 1.74. The summed E-state index contributed by atoms with van der Waals surface area (Å²) in [6.07, 6.45) is 8.06. The lowest BCUT2D eigenvalue weighted by molar-refractivity contribution is 0.102. The molecule has 0 spiro atoms. The number of nitrogens with zero attached hydrogens (tertiary/aromatic N) is 4. The van der Waals surface area contributed by atoms with Gasteiger partial charge in [0.2, 0.25) is 5.95 Å². The standard InChI is InChI=1S/C15H11N5O/c21-14(11-4-7-16-8-5-11)20-15-18-9-12(10-19-15)13-3-1-2-6-17-13/h1-10H,(H,18,19,20,21). The topological polar surface area (TPSA) is 80.7 Å². The Kier molecular flexibility index (Phi) is 3.60. The van der Waals surface area contributed by atoms with Crippen LogP contribution in [0.3, 0.4) is 0 Å². The van der Waals surface area contributed by atoms with Crippen LogP contribution in [0.4, 0.5) is 5.95 Å². The van der Waals surface area contributed by atoms with Crippen LogP contribution in [0.1, 0.15) is 10.4 Å². The van der Waals surface area contributed by atoms with Gasteiger partial charge in [0, 0.05) is 42.1 Å². The van der Waals surface area contributed by atoms with Crippen LogP contribution in [0.5, 0.6) is 0 Å². The zero-order valence-corrected chi connectivity index (χ0v) is 11.0. The predicted octanol–water partition coefficient (Wildman–Crippen LogP) is 2.19. The van der Waals surface area contributed by atoms with Crippen molar-refractivity contribution in [1.82, 2.24) is 19.9 Å². The minimum atomic E-state index is -0.275. The Balaban J connectivity index is 1.75. The van der Waals surface area contributed by atoms with Gasteiger partial charge in [-0.3, -0.25) is 20.1 Å². The van der Waals surface area contributed by atoms with Gasteiger partial charge in [0.05, 0.1) is 5.69 Å². The van der Waals surface area contributed by atoms with Crippen LogP contribution in [-0.2, 0) is 0 Å². The van der Waals surface area contributed by atoms with Gasteiger partial charge in [-0.15, -0.1) is 0 Å². The number of amides is 1. The molecule has 3 heterocycles. The van der Waals surface area contributed by atoms with E-state index in [1.54, 1.807) is 43.1 Å². The predicted molar refractivity (Wildman–Crippen MR) is 77.5 cm³/mol. The Morgan fingerprint density at radius 1 is 0.905 bits per heavy atom. The van der Waals surface area contributed by atoms with E-state index in [2.05, 4.69) is 25.3 Å². The van der Waals surface area contributed by atoms with Gasteiger partial charge in [0.25, 0.3) is 5.91 Å². The zero-order valence-electron chi connectivity index (χ0n) is 11.0. The SMILES string of the molecule is O=C(Nc1ncc(-c2ccccn2)cn1)c1ccncc1. The average molecular weight is 277 g/mol. The molecule has 0 atom stereocenters. The van der Waals surface area contributed by atoms with Crippen molar-refractivity contribution in [3.8, 4) is 11.3 Å². The van der Waals surface area contributed by atoms with Crippen LogP contribution < -0.4 is 5.32 Å². The van der Waals surface area contributed by atoms with Crippen LogP contribution in [-0.4, -0.2) is 25.8 Å². The summed E-state index contributed by atoms with van der Waals surface area (Å²) in [4.78, 5) is 28.3. The highest BCUT2D eigenvalue weighted by atomic mass is 16.1. The van der Waals surface area contributed by atoms with Crippen molar-refractivity contribution in [1.29, 1.82) is 0 Å². The Hall–Kier alpha value is -3.15. The molecule has 1 amide bonds. The molecule has 6 nitrogen and oxygen atoms in total. The van der Waals surface area contributed by atoms with E-state index in [0.717, 1.165) is 11.3 Å². The van der Waals surface area contributed by atoms with Crippen LogP contribution in [0.2, 0.25) is 0 Å². The molecule has 0 bridgehead atoms. The molecule has 21 heavy (non-hydrogen) atoms. The number of nitrogens with one attached hydrogen (secondary N) is 1. The first kappa shape index (κ1) is 12.9. The monoisotopic (exact) mass is 277 g/mol. The summed E-state index contributed by atoms with van der Waals surface area (Å²) in [5.74, 6) is -0.0283. The number of carbonyl (C=O) groups excluding carboxylic acids is 1. The van der Waals surface area contributed by atoms with E-state index >= 15 is 0 Å². The highest BCUT2D eigenvalue weighted by Crippen LogP contribution is 2.14. The molecule has 0 aromatic carbocycles. The van der Waals surface area contributed by atoms with Gasteiger partial charge in [-0.1, -0.05) is 6.07 Å². The highest BCUT2D eigenvalue weighted by molar-refractivity contribution is 6.03. The van der Waals surface area contributed by atoms with Crippen LogP contribution in [0.25, 0.3) is 11.3 Å². The number of anilines is 1. The van der Waals surface area contributed by atoms with Gasteiger partial charge in [-0.2, -0.15) is 0 Å². The van der Waals surface area contributed by atoms with Gasteiger partial charge in [0.1, 0.15) is 0 Å². The summed E-state index contributed by atoms with van der Waals surface area (Å²) < 4.78 is 0. The third-order valence-electron chi connectivity index (χ3n) is 2.78. The van der Waals surface area contributed by atoms with E-state index in [-0.39, 0.29) is 11.9 Å². The second-order valence-corrected chi connectivity index (χ2v) is 4.20. The first-order valence-electron chi connectivity index (χ1n) is 6.28. The summed E-state index contributed by atoms with van der Waals surface area (Å²) in [7, 11) is 0. The lowest BCUT2D eigenvalue weighted by Crippen LogP contribution is -2.14. The molecule has 0 saturated heterocycles. The Labute approximate surface area is 121 Å². The number of rotatable bonds is 3. The molecule has 3 aromatic rings. The van der Waals surface area contributed by atoms with Crippen LogP contribution in [0.15, 0.2) is 61.3 Å². The van der Waals surface area contributed by atoms with Crippen LogP contribution >= 0.6 is 0 Å². The molecule has 3 rings (SSSR count). The normalized spacial score (nSPS) is 10.1. The molecule has 102 valence electrons. The van der Waals surface area contributed by atoms with Gasteiger partial charge in [-0.05, 0) is 24.3 Å². The molecule has 0 aliphatic heterocycles. The Bertz CT molecular complexity index is 729. The lowest BCUT2D eigenvalue weighted by atomic mass is 10.2. The first-order valence-corrected chi connectivity index (χ1v) is 6.28. The molecule has 0 saturated carbocycles. The molecule has 1 N–H and O–H groups in total. The molecular weight excluding hydrogens is 266 g/mol. The maximum Gasteiger partial charge on any atom is 0.258 e. The third-order valence-corrected chi connectivity index (χ3v) is 2.78. The van der Waals surface area contributed by atoms with E-state index in [1.807, 2.05) is 18.2 Å². The quantitative estimate of drug-likeness (QED) is 0.793. The summed E-state index contributed by atoms with van der Waals surface area (Å²) in [5, 5.41) is 2.63. The van der Waals surface area contributed by atoms with Crippen LogP contribution in [0, 0.1) is 0 Å². The number of carbonyl (C=O) groups is 1. The van der Waals surface area contributed by atoms with Crippen molar-refractivity contribution in [2.75, 3.05) is 5.32 Å². The van der Waals surface area contributed by atoms with Crippen molar-refractivity contribution in [2.45, 2.75) is 0 Å². The zero-order chi connectivity index (χ0) is 14.5. The van der Waals surface area contributed by atoms with E-state index in [1.165, 1.54) is 0 Å². The van der Waals surface area contributed by atoms with Crippen molar-refractivity contribution in [2.24, 2.45) is 0 Å². The van der Waals surface area contributed by atoms with Gasteiger partial charge in [0.15, 0.2) is 0 Å². The third kappa shape index (κ3) is 3.06. The first-order chi connectivity index (χ1) is 10.3. The Morgan fingerprint density at radius 2 is 1.67 bits per heavy atom. The van der Waals surface area contributed by atoms with Crippen molar-refractivity contribution >= 4 is 11.9 Å². The summed E-state index contributed by atoms with van der Waals surface area (Å²) >= 11 is 0. The minimum Gasteiger partial charge on any atom is -0.290 e. The molecule has 6 heteroatoms. The summed E-state index contributed by atoms with van der Waals surface area (Å²) in [6, 6.07) is 8.85. The lowest BCUT2D eigenvalue weighted by Gasteiger charge is -2.04. The molecule has 0 fully saturated rings. The summed E-state index contributed by atoms with van der Waals surface area (Å²) in [6.45, 7) is 0. The second kappa shape index (κ2) is 5.87. The van der Waals surface area contributed by atoms with E-state index < -0.39 is 0 Å². The van der Waals surface area contributed by atoms with Crippen molar-refractivity contribution in [3.05, 3.63) is 66.9 Å². The van der Waals surface area contributed by atoms with Gasteiger partial charge >= 0.3 is 0 Å². The van der Waals surface area contributed by atoms with Gasteiger partial charge < -0.3 is 0 Å². The van der Waals surface area contributed by atoms with E-state index in [4.69, 9.17) is 0 Å². The van der Waals surface area contributed by atoms with E-state index in [9.17, 15) is 4.79 Å². The maximum atomic E-state index is 11.9. The van der Waals surface area contributed by atoms with Crippen molar-refractivity contribution in [3.63, 3.8) is 0 Å². The van der Waals surface area contributed by atoms with E-state index in [0.29, 0.717) is 5.56 Å². The molecular formula is C15H11N5O. The minimum absolute atomic E-state index is 0.247. The Morgan fingerprint density at radius 3 is 2.33 bits per heavy atom. The van der Waals surface area contributed by atoms with Gasteiger partial charge in [-0.25, -0.2) is 9.97 Å². The number of hydrogen-bond donors (Lipinski definition) is 1.